The van der Waals surface area contributed by atoms with Gasteiger partial charge in [-0.3, -0.25) is 13.8 Å². The Morgan fingerprint density at radius 1 is 0.402 bits per heavy atom. The van der Waals surface area contributed by atoms with Crippen molar-refractivity contribution in [3.8, 4) is 0 Å². The molecule has 488 valence electrons. The summed E-state index contributed by atoms with van der Waals surface area (Å²) < 4.78 is 23.8. The molecule has 0 aromatic heterocycles. The molecule has 3 N–H and O–H groups in total. The molecule has 0 saturated heterocycles. The third-order valence-electron chi connectivity index (χ3n) is 17.2. The van der Waals surface area contributed by atoms with Gasteiger partial charge in [-0.2, -0.15) is 0 Å². The summed E-state index contributed by atoms with van der Waals surface area (Å²) in [5, 5.41) is 14.0. The van der Waals surface area contributed by atoms with E-state index in [0.717, 1.165) is 32.1 Å². The molecule has 3 atom stereocenters. The van der Waals surface area contributed by atoms with E-state index in [1.165, 1.54) is 334 Å². The van der Waals surface area contributed by atoms with E-state index in [1.54, 1.807) is 6.08 Å². The zero-order chi connectivity index (χ0) is 59.8. The van der Waals surface area contributed by atoms with Gasteiger partial charge < -0.3 is 19.8 Å². The van der Waals surface area contributed by atoms with Crippen LogP contribution in [0.25, 0.3) is 0 Å². The van der Waals surface area contributed by atoms with Crippen molar-refractivity contribution in [3.63, 3.8) is 0 Å². The van der Waals surface area contributed by atoms with Gasteiger partial charge in [0.05, 0.1) is 39.9 Å². The van der Waals surface area contributed by atoms with E-state index in [9.17, 15) is 19.4 Å². The lowest BCUT2D eigenvalue weighted by atomic mass is 10.0. The molecule has 0 aliphatic rings. The number of aliphatic hydroxyl groups is 1. The van der Waals surface area contributed by atoms with E-state index >= 15 is 0 Å². The van der Waals surface area contributed by atoms with Crippen LogP contribution in [-0.2, 0) is 18.4 Å². The molecule has 0 heterocycles. The van der Waals surface area contributed by atoms with Crippen LogP contribution in [0.3, 0.4) is 0 Å². The molecule has 0 spiro atoms. The number of aliphatic hydroxyl groups excluding tert-OH is 1. The minimum Gasteiger partial charge on any atom is -0.387 e. The molecule has 3 unspecified atom stereocenters. The molecular formula is C73H146N2O6P+. The minimum absolute atomic E-state index is 0.0643. The van der Waals surface area contributed by atoms with Gasteiger partial charge in [0.1, 0.15) is 13.2 Å². The number of unbranched alkanes of at least 4 members (excludes halogenated alkanes) is 54. The maximum absolute atomic E-state index is 13.1. The first kappa shape index (κ1) is 81.0. The number of nitrogens with one attached hydrogen (secondary N) is 1. The van der Waals surface area contributed by atoms with Crippen LogP contribution in [0.4, 0.5) is 0 Å². The molecule has 0 saturated carbocycles. The first-order valence-electron chi connectivity index (χ1n) is 36.7. The molecule has 0 aliphatic carbocycles. The van der Waals surface area contributed by atoms with E-state index in [-0.39, 0.29) is 19.1 Å². The summed E-state index contributed by atoms with van der Waals surface area (Å²) >= 11 is 0. The maximum atomic E-state index is 13.1. The van der Waals surface area contributed by atoms with E-state index in [0.29, 0.717) is 17.4 Å². The second kappa shape index (κ2) is 64.5. The molecular weight excluding hydrogens is 1030 g/mol. The SMILES string of the molecule is CCCCCCCCCCCCCCCCCC/C=C\CCCCCCCCCCCCCCCCCCCC(=O)NC(COP(=O)(O)OCC[N+](C)(C)C)C(O)/C=C/CCCCCCCCCCCCCCCCCCCCCCC. The zero-order valence-electron chi connectivity index (χ0n) is 56.0. The Balaban J connectivity index is 3.96. The lowest BCUT2D eigenvalue weighted by molar-refractivity contribution is -0.870. The summed E-state index contributed by atoms with van der Waals surface area (Å²) in [4.78, 5) is 23.4. The van der Waals surface area contributed by atoms with Crippen molar-refractivity contribution >= 4 is 13.7 Å². The smallest absolute Gasteiger partial charge is 0.387 e. The minimum atomic E-state index is -4.35. The molecule has 0 aromatic carbocycles. The summed E-state index contributed by atoms with van der Waals surface area (Å²) in [5.41, 5.74) is 0. The van der Waals surface area contributed by atoms with Crippen molar-refractivity contribution in [1.82, 2.24) is 5.32 Å². The van der Waals surface area contributed by atoms with Crippen LogP contribution in [0.2, 0.25) is 0 Å². The maximum Gasteiger partial charge on any atom is 0.472 e. The normalized spacial score (nSPS) is 13.7. The van der Waals surface area contributed by atoms with Crippen LogP contribution in [0.1, 0.15) is 386 Å². The van der Waals surface area contributed by atoms with Crippen molar-refractivity contribution in [1.29, 1.82) is 0 Å². The Morgan fingerprint density at radius 3 is 0.939 bits per heavy atom. The second-order valence-corrected chi connectivity index (χ2v) is 28.1. The zero-order valence-corrected chi connectivity index (χ0v) is 56.9. The quantitative estimate of drug-likeness (QED) is 0.0243. The number of phosphoric ester groups is 1. The Hall–Kier alpha value is -1.02. The van der Waals surface area contributed by atoms with Crippen molar-refractivity contribution in [3.05, 3.63) is 24.3 Å². The molecule has 0 fully saturated rings. The fraction of sp³-hybridized carbons (Fsp3) is 0.932. The van der Waals surface area contributed by atoms with Gasteiger partial charge in [-0.15, -0.1) is 0 Å². The number of phosphoric acid groups is 1. The second-order valence-electron chi connectivity index (χ2n) is 26.7. The first-order valence-corrected chi connectivity index (χ1v) is 38.2. The van der Waals surface area contributed by atoms with Crippen molar-refractivity contribution < 1.29 is 32.9 Å². The summed E-state index contributed by atoms with van der Waals surface area (Å²) in [6.07, 6.45) is 84.9. The number of hydrogen-bond acceptors (Lipinski definition) is 5. The van der Waals surface area contributed by atoms with E-state index < -0.39 is 20.0 Å². The highest BCUT2D eigenvalue weighted by Crippen LogP contribution is 2.43. The number of quaternary nitrogens is 1. The molecule has 82 heavy (non-hydrogen) atoms. The molecule has 8 nitrogen and oxygen atoms in total. The molecule has 0 bridgehead atoms. The molecule has 0 aromatic rings. The topological polar surface area (TPSA) is 105 Å². The van der Waals surface area contributed by atoms with Crippen molar-refractivity contribution in [2.45, 2.75) is 398 Å². The standard InChI is InChI=1S/C73H145N2O6P/c1-6-8-10-12-14-16-18-20-22-24-26-28-30-31-32-33-34-35-36-37-38-39-40-41-42-43-45-47-49-51-53-55-57-59-61-63-65-67-73(77)74-71(70-81-82(78,79)80-69-68-75(3,4)5)72(76)66-64-62-60-58-56-54-52-50-48-46-44-29-27-25-23-21-19-17-15-13-11-9-7-2/h35-36,64,66,71-72,76H,6-34,37-63,65,67-70H2,1-5H3,(H-,74,77,78,79)/p+1/b36-35-,66-64+. The predicted molar refractivity (Wildman–Crippen MR) is 360 cm³/mol. The monoisotopic (exact) mass is 1180 g/mol. The van der Waals surface area contributed by atoms with Crippen LogP contribution in [0.15, 0.2) is 24.3 Å². The third kappa shape index (κ3) is 66.5. The highest BCUT2D eigenvalue weighted by atomic mass is 31.2. The van der Waals surface area contributed by atoms with E-state index in [4.69, 9.17) is 9.05 Å². The first-order chi connectivity index (χ1) is 40.0. The summed E-state index contributed by atoms with van der Waals surface area (Å²) in [7, 11) is 1.59. The number of rotatable bonds is 69. The summed E-state index contributed by atoms with van der Waals surface area (Å²) in [6.45, 7) is 4.88. The third-order valence-corrected chi connectivity index (χ3v) is 18.1. The van der Waals surface area contributed by atoms with Gasteiger partial charge in [-0.25, -0.2) is 4.57 Å². The number of carbonyl (C=O) groups is 1. The van der Waals surface area contributed by atoms with E-state index in [1.807, 2.05) is 27.2 Å². The Labute approximate surface area is 513 Å². The predicted octanol–water partition coefficient (Wildman–Crippen LogP) is 23.4. The number of nitrogens with zero attached hydrogens (tertiary/aromatic N) is 1. The van der Waals surface area contributed by atoms with Crippen LogP contribution in [0, 0.1) is 0 Å². The lowest BCUT2D eigenvalue weighted by Crippen LogP contribution is -2.45. The largest absolute Gasteiger partial charge is 0.472 e. The van der Waals surface area contributed by atoms with Crippen LogP contribution in [-0.4, -0.2) is 73.4 Å². The molecule has 9 heteroatoms. The number of allylic oxidation sites excluding steroid dienone is 3. The Bertz CT molecular complexity index is 1390. The average molecular weight is 1180 g/mol. The summed E-state index contributed by atoms with van der Waals surface area (Å²) in [6, 6.07) is -0.846. The van der Waals surface area contributed by atoms with Gasteiger partial charge in [-0.05, 0) is 44.9 Å². The lowest BCUT2D eigenvalue weighted by Gasteiger charge is -2.25. The van der Waals surface area contributed by atoms with Gasteiger partial charge in [-0.1, -0.05) is 359 Å². The van der Waals surface area contributed by atoms with Crippen LogP contribution >= 0.6 is 7.82 Å². The van der Waals surface area contributed by atoms with E-state index in [2.05, 4.69) is 31.3 Å². The average Bonchev–Trinajstić information content (AvgIpc) is 3.47. The fourth-order valence-corrected chi connectivity index (χ4v) is 12.2. The highest BCUT2D eigenvalue weighted by molar-refractivity contribution is 7.47. The molecule has 0 rings (SSSR count). The highest BCUT2D eigenvalue weighted by Gasteiger charge is 2.28. The van der Waals surface area contributed by atoms with Gasteiger partial charge in [0.15, 0.2) is 0 Å². The van der Waals surface area contributed by atoms with Crippen LogP contribution < -0.4 is 5.32 Å². The van der Waals surface area contributed by atoms with Crippen molar-refractivity contribution in [2.24, 2.45) is 0 Å². The van der Waals surface area contributed by atoms with Gasteiger partial charge >= 0.3 is 7.82 Å². The molecule has 0 radical (unpaired) electrons. The number of carbonyl (C=O) groups excluding carboxylic acids is 1. The Kier molecular flexibility index (Phi) is 63.7. The number of hydrogen-bond donors (Lipinski definition) is 3. The number of likely N-dealkylation sites (N-methyl/N-ethyl adjacent to an activating group) is 1. The fourth-order valence-electron chi connectivity index (χ4n) is 11.5. The van der Waals surface area contributed by atoms with Gasteiger partial charge in [0.25, 0.3) is 0 Å². The van der Waals surface area contributed by atoms with Gasteiger partial charge in [0.2, 0.25) is 5.91 Å². The summed E-state index contributed by atoms with van der Waals surface area (Å²) in [5.74, 6) is -0.168. The van der Waals surface area contributed by atoms with Crippen LogP contribution in [0.5, 0.6) is 0 Å². The molecule has 0 aliphatic heterocycles. The Morgan fingerprint density at radius 2 is 0.659 bits per heavy atom. The number of amides is 1. The molecule has 1 amide bonds. The van der Waals surface area contributed by atoms with Gasteiger partial charge in [0, 0.05) is 6.42 Å². The van der Waals surface area contributed by atoms with Crippen molar-refractivity contribution in [2.75, 3.05) is 40.9 Å².